The molecule has 1 heterocycles. The van der Waals surface area contributed by atoms with Crippen molar-refractivity contribution in [3.63, 3.8) is 0 Å². The summed E-state index contributed by atoms with van der Waals surface area (Å²) in [6, 6.07) is 26.6. The molecule has 0 aliphatic carbocycles. The number of piperidine rings is 1. The number of nitrogens with zero attached hydrogens (tertiary/aromatic N) is 1. The van der Waals surface area contributed by atoms with Crippen LogP contribution in [0.1, 0.15) is 54.6 Å². The van der Waals surface area contributed by atoms with Crippen molar-refractivity contribution in [2.24, 2.45) is 5.92 Å². The molecule has 0 amide bonds. The Morgan fingerprint density at radius 3 is 1.70 bits per heavy atom. The fraction of sp³-hybridized carbons (Fsp3) is 0.357. The van der Waals surface area contributed by atoms with Crippen molar-refractivity contribution in [1.82, 2.24) is 4.90 Å². The van der Waals surface area contributed by atoms with Gasteiger partial charge in [-0.2, -0.15) is 0 Å². The van der Waals surface area contributed by atoms with Crippen LogP contribution in [0, 0.1) is 5.92 Å². The van der Waals surface area contributed by atoms with Crippen molar-refractivity contribution in [3.8, 4) is 0 Å². The Labute approximate surface area is 204 Å². The SMILES string of the molecule is OC(c1ccccc1)C(CC(O)(c1ccc(Br)cc1)N1CCCCC1)C(O)c1ccccc1. The van der Waals surface area contributed by atoms with Gasteiger partial charge in [-0.15, -0.1) is 0 Å². The van der Waals surface area contributed by atoms with E-state index in [9.17, 15) is 15.3 Å². The van der Waals surface area contributed by atoms with Crippen LogP contribution in [-0.4, -0.2) is 33.3 Å². The van der Waals surface area contributed by atoms with Crippen molar-refractivity contribution in [2.45, 2.75) is 43.6 Å². The minimum absolute atomic E-state index is 0.195. The number of aliphatic hydroxyl groups excluding tert-OH is 2. The van der Waals surface area contributed by atoms with E-state index in [-0.39, 0.29) is 6.42 Å². The lowest BCUT2D eigenvalue weighted by atomic mass is 9.79. The van der Waals surface area contributed by atoms with Gasteiger partial charge in [0.25, 0.3) is 0 Å². The normalized spacial score (nSPS) is 19.4. The summed E-state index contributed by atoms with van der Waals surface area (Å²) in [5.74, 6) is -0.620. The first-order valence-electron chi connectivity index (χ1n) is 11.7. The van der Waals surface area contributed by atoms with E-state index in [0.29, 0.717) is 0 Å². The molecular formula is C28H32BrNO3. The van der Waals surface area contributed by atoms with Gasteiger partial charge in [0.15, 0.2) is 0 Å². The monoisotopic (exact) mass is 509 g/mol. The van der Waals surface area contributed by atoms with Crippen LogP contribution in [0.3, 0.4) is 0 Å². The van der Waals surface area contributed by atoms with Crippen molar-refractivity contribution in [2.75, 3.05) is 13.1 Å². The van der Waals surface area contributed by atoms with Gasteiger partial charge in [0, 0.05) is 29.9 Å². The van der Waals surface area contributed by atoms with E-state index in [1.807, 2.05) is 84.9 Å². The van der Waals surface area contributed by atoms with E-state index < -0.39 is 23.9 Å². The molecule has 0 radical (unpaired) electrons. The largest absolute Gasteiger partial charge is 0.388 e. The zero-order valence-corrected chi connectivity index (χ0v) is 20.3. The van der Waals surface area contributed by atoms with Crippen LogP contribution in [-0.2, 0) is 5.72 Å². The third-order valence-electron chi connectivity index (χ3n) is 6.80. The van der Waals surface area contributed by atoms with Gasteiger partial charge in [0.2, 0.25) is 0 Å². The first-order chi connectivity index (χ1) is 16.0. The summed E-state index contributed by atoms with van der Waals surface area (Å²) < 4.78 is 0.942. The number of aliphatic hydroxyl groups is 3. The molecule has 3 aromatic rings. The number of halogens is 1. The molecule has 0 spiro atoms. The van der Waals surface area contributed by atoms with Crippen LogP contribution in [0.4, 0.5) is 0 Å². The molecular weight excluding hydrogens is 478 g/mol. The first kappa shape index (κ1) is 24.1. The molecule has 1 saturated heterocycles. The van der Waals surface area contributed by atoms with E-state index in [4.69, 9.17) is 0 Å². The highest BCUT2D eigenvalue weighted by atomic mass is 79.9. The third kappa shape index (κ3) is 5.56. The summed E-state index contributed by atoms with van der Waals surface area (Å²) in [6.07, 6.45) is 1.51. The Morgan fingerprint density at radius 2 is 1.21 bits per heavy atom. The molecule has 3 unspecified atom stereocenters. The lowest BCUT2D eigenvalue weighted by Crippen LogP contribution is -2.50. The molecule has 33 heavy (non-hydrogen) atoms. The van der Waals surface area contributed by atoms with E-state index in [2.05, 4.69) is 20.8 Å². The molecule has 1 fully saturated rings. The fourth-order valence-corrected chi connectivity index (χ4v) is 5.19. The predicted molar refractivity (Wildman–Crippen MR) is 134 cm³/mol. The molecule has 174 valence electrons. The lowest BCUT2D eigenvalue weighted by Gasteiger charge is -2.45. The molecule has 5 heteroatoms. The van der Waals surface area contributed by atoms with Crippen LogP contribution in [0.25, 0.3) is 0 Å². The van der Waals surface area contributed by atoms with Gasteiger partial charge >= 0.3 is 0 Å². The van der Waals surface area contributed by atoms with E-state index in [0.717, 1.165) is 53.5 Å². The van der Waals surface area contributed by atoms with Crippen molar-refractivity contribution >= 4 is 15.9 Å². The van der Waals surface area contributed by atoms with E-state index >= 15 is 0 Å². The molecule has 1 aliphatic rings. The van der Waals surface area contributed by atoms with Crippen LogP contribution in [0.5, 0.6) is 0 Å². The maximum absolute atomic E-state index is 12.2. The molecule has 4 nitrogen and oxygen atoms in total. The highest BCUT2D eigenvalue weighted by molar-refractivity contribution is 9.10. The lowest BCUT2D eigenvalue weighted by molar-refractivity contribution is -0.158. The zero-order chi connectivity index (χ0) is 23.3. The summed E-state index contributed by atoms with van der Waals surface area (Å²) in [5, 5.41) is 35.2. The Morgan fingerprint density at radius 1 is 0.727 bits per heavy atom. The highest BCUT2D eigenvalue weighted by Gasteiger charge is 2.43. The summed E-state index contributed by atoms with van der Waals surface area (Å²) >= 11 is 3.49. The summed E-state index contributed by atoms with van der Waals surface area (Å²) in [7, 11) is 0. The zero-order valence-electron chi connectivity index (χ0n) is 18.7. The van der Waals surface area contributed by atoms with Gasteiger partial charge in [0.1, 0.15) is 5.72 Å². The second-order valence-electron chi connectivity index (χ2n) is 8.95. The number of likely N-dealkylation sites (tertiary alicyclic amines) is 1. The molecule has 0 saturated carbocycles. The van der Waals surface area contributed by atoms with Crippen molar-refractivity contribution < 1.29 is 15.3 Å². The smallest absolute Gasteiger partial charge is 0.145 e. The quantitative estimate of drug-likeness (QED) is 0.372. The molecule has 3 aromatic carbocycles. The van der Waals surface area contributed by atoms with Crippen LogP contribution in [0.2, 0.25) is 0 Å². The van der Waals surface area contributed by atoms with E-state index in [1.165, 1.54) is 0 Å². The highest BCUT2D eigenvalue weighted by Crippen LogP contribution is 2.43. The molecule has 4 rings (SSSR count). The summed E-state index contributed by atoms with van der Waals surface area (Å²) in [4.78, 5) is 2.11. The molecule has 3 N–H and O–H groups in total. The number of hydrogen-bond donors (Lipinski definition) is 3. The minimum Gasteiger partial charge on any atom is -0.388 e. The molecule has 0 aromatic heterocycles. The third-order valence-corrected chi connectivity index (χ3v) is 7.33. The Hall–Kier alpha value is -2.02. The van der Waals surface area contributed by atoms with Gasteiger partial charge in [-0.1, -0.05) is 95.1 Å². The Kier molecular flexibility index (Phi) is 7.99. The number of rotatable bonds is 8. The average Bonchev–Trinajstić information content (AvgIpc) is 2.88. The molecule has 3 atom stereocenters. The predicted octanol–water partition coefficient (Wildman–Crippen LogP) is 5.55. The maximum Gasteiger partial charge on any atom is 0.145 e. The van der Waals surface area contributed by atoms with Gasteiger partial charge in [-0.3, -0.25) is 4.90 Å². The van der Waals surface area contributed by atoms with Gasteiger partial charge < -0.3 is 15.3 Å². The summed E-state index contributed by atoms with van der Waals surface area (Å²) in [6.45, 7) is 1.56. The first-order valence-corrected chi connectivity index (χ1v) is 12.5. The van der Waals surface area contributed by atoms with Crippen LogP contribution in [0.15, 0.2) is 89.4 Å². The molecule has 1 aliphatic heterocycles. The second-order valence-corrected chi connectivity index (χ2v) is 9.87. The second kappa shape index (κ2) is 10.9. The molecule has 0 bridgehead atoms. The van der Waals surface area contributed by atoms with Gasteiger partial charge in [-0.05, 0) is 41.7 Å². The maximum atomic E-state index is 12.2. The van der Waals surface area contributed by atoms with Crippen LogP contribution >= 0.6 is 15.9 Å². The van der Waals surface area contributed by atoms with Gasteiger partial charge in [0.05, 0.1) is 12.2 Å². The Bertz CT molecular complexity index is 947. The fourth-order valence-electron chi connectivity index (χ4n) is 4.93. The van der Waals surface area contributed by atoms with Gasteiger partial charge in [-0.25, -0.2) is 0 Å². The van der Waals surface area contributed by atoms with E-state index in [1.54, 1.807) is 0 Å². The average molecular weight is 510 g/mol. The van der Waals surface area contributed by atoms with Crippen molar-refractivity contribution in [3.05, 3.63) is 106 Å². The van der Waals surface area contributed by atoms with Crippen molar-refractivity contribution in [1.29, 1.82) is 0 Å². The topological polar surface area (TPSA) is 63.9 Å². The summed E-state index contributed by atoms with van der Waals surface area (Å²) in [5.41, 5.74) is 0.929. The van der Waals surface area contributed by atoms with Crippen LogP contribution < -0.4 is 0 Å². The standard InChI is InChI=1S/C28H32BrNO3/c29-24-16-14-23(15-17-24)28(33,30-18-8-3-9-19-30)20-25(26(31)21-10-4-1-5-11-21)27(32)22-12-6-2-7-13-22/h1-2,4-7,10-17,25-27,31-33H,3,8-9,18-20H2. The Balaban J connectivity index is 1.75. The minimum atomic E-state index is -1.31. The number of hydrogen-bond acceptors (Lipinski definition) is 4. The number of benzene rings is 3.